The van der Waals surface area contributed by atoms with Crippen molar-refractivity contribution in [3.8, 4) is 17.2 Å². The van der Waals surface area contributed by atoms with Gasteiger partial charge in [0.05, 0.1) is 24.1 Å². The highest BCUT2D eigenvalue weighted by molar-refractivity contribution is 7.91. The van der Waals surface area contributed by atoms with Crippen LogP contribution >= 0.6 is 0 Å². The zero-order valence-corrected chi connectivity index (χ0v) is 17.3. The fraction of sp³-hybridized carbons (Fsp3) is 0.238. The van der Waals surface area contributed by atoms with Crippen LogP contribution in [0.25, 0.3) is 11.5 Å². The van der Waals surface area contributed by atoms with Crippen LogP contribution in [0.15, 0.2) is 52.9 Å². The smallest absolute Gasteiger partial charge is 0.235 e. The van der Waals surface area contributed by atoms with E-state index in [9.17, 15) is 17.6 Å². The van der Waals surface area contributed by atoms with Crippen LogP contribution < -0.4 is 10.1 Å². The Hall–Kier alpha value is -3.20. The lowest BCUT2D eigenvalue weighted by atomic mass is 10.2. The Kier molecular flexibility index (Phi) is 6.51. The van der Waals surface area contributed by atoms with Crippen LogP contribution in [0.4, 0.5) is 4.39 Å². The van der Waals surface area contributed by atoms with Crippen LogP contribution in [0.3, 0.4) is 0 Å². The first-order valence-electron chi connectivity index (χ1n) is 9.09. The number of ether oxygens (including phenoxy) is 1. The first-order chi connectivity index (χ1) is 14.3. The topological polar surface area (TPSA) is 98.5 Å². The average molecular weight is 432 g/mol. The molecule has 0 saturated carbocycles. The molecule has 7 nitrogen and oxygen atoms in total. The number of hydrogen-bond donors (Lipinski definition) is 1. The highest BCUT2D eigenvalue weighted by Crippen LogP contribution is 2.25. The van der Waals surface area contributed by atoms with Crippen molar-refractivity contribution >= 4 is 15.7 Å². The number of carbonyl (C=O) groups is 1. The number of rotatable bonds is 8. The first-order valence-corrected chi connectivity index (χ1v) is 10.9. The number of para-hydroxylation sites is 1. The molecule has 0 unspecified atom stereocenters. The molecule has 0 atom stereocenters. The summed E-state index contributed by atoms with van der Waals surface area (Å²) in [5.74, 6) is -1.51. The summed E-state index contributed by atoms with van der Waals surface area (Å²) >= 11 is 0. The zero-order valence-electron chi connectivity index (χ0n) is 16.5. The average Bonchev–Trinajstić information content (AvgIpc) is 3.05. The van der Waals surface area contributed by atoms with Crippen LogP contribution in [0.5, 0.6) is 5.75 Å². The third kappa shape index (κ3) is 5.24. The second-order valence-electron chi connectivity index (χ2n) is 6.62. The van der Waals surface area contributed by atoms with E-state index in [0.717, 1.165) is 5.56 Å². The Bertz CT molecular complexity index is 1160. The van der Waals surface area contributed by atoms with E-state index in [1.54, 1.807) is 37.3 Å². The number of oxazole rings is 1. The van der Waals surface area contributed by atoms with Crippen LogP contribution in [-0.2, 0) is 26.9 Å². The summed E-state index contributed by atoms with van der Waals surface area (Å²) in [5, 5.41) is 2.58. The van der Waals surface area contributed by atoms with E-state index in [-0.39, 0.29) is 29.5 Å². The van der Waals surface area contributed by atoms with Gasteiger partial charge in [-0.3, -0.25) is 4.79 Å². The van der Waals surface area contributed by atoms with Crippen molar-refractivity contribution in [3.05, 3.63) is 71.4 Å². The monoisotopic (exact) mass is 432 g/mol. The van der Waals surface area contributed by atoms with Crippen LogP contribution in [0.2, 0.25) is 0 Å². The molecule has 3 aromatic rings. The number of nitrogens with zero attached hydrogens (tertiary/aromatic N) is 1. The number of halogens is 1. The molecule has 1 N–H and O–H groups in total. The van der Waals surface area contributed by atoms with Gasteiger partial charge in [0.2, 0.25) is 11.8 Å². The normalized spacial score (nSPS) is 11.3. The number of aryl methyl sites for hydroxylation is 1. The van der Waals surface area contributed by atoms with Gasteiger partial charge < -0.3 is 14.5 Å². The Morgan fingerprint density at radius 1 is 1.17 bits per heavy atom. The molecular formula is C21H21FN2O5S. The Morgan fingerprint density at radius 3 is 2.60 bits per heavy atom. The second-order valence-corrected chi connectivity index (χ2v) is 8.69. The van der Waals surface area contributed by atoms with Crippen molar-refractivity contribution in [1.82, 2.24) is 10.3 Å². The maximum absolute atomic E-state index is 13.9. The van der Waals surface area contributed by atoms with Crippen molar-refractivity contribution in [1.29, 1.82) is 0 Å². The van der Waals surface area contributed by atoms with Gasteiger partial charge in [-0.05, 0) is 25.1 Å². The number of sulfone groups is 1. The van der Waals surface area contributed by atoms with Crippen molar-refractivity contribution in [2.75, 3.05) is 12.9 Å². The Morgan fingerprint density at radius 2 is 1.87 bits per heavy atom. The van der Waals surface area contributed by atoms with Crippen LogP contribution in [0, 0.1) is 12.7 Å². The molecule has 0 aliphatic heterocycles. The minimum Gasteiger partial charge on any atom is -0.496 e. The number of nitrogens with one attached hydrogen (secondary N) is 1. The van der Waals surface area contributed by atoms with Gasteiger partial charge in [0.15, 0.2) is 9.84 Å². The van der Waals surface area contributed by atoms with Gasteiger partial charge in [-0.25, -0.2) is 17.8 Å². The Balaban J connectivity index is 1.65. The number of carbonyl (C=O) groups excluding carboxylic acids is 1. The summed E-state index contributed by atoms with van der Waals surface area (Å²) in [6, 6.07) is 13.0. The number of aromatic nitrogens is 1. The van der Waals surface area contributed by atoms with Gasteiger partial charge in [-0.1, -0.05) is 30.3 Å². The molecule has 3 rings (SSSR count). The summed E-state index contributed by atoms with van der Waals surface area (Å²) in [6.45, 7) is 1.68. The lowest BCUT2D eigenvalue weighted by Gasteiger charge is -2.09. The molecule has 0 fully saturated rings. The highest BCUT2D eigenvalue weighted by Gasteiger charge is 2.23. The van der Waals surface area contributed by atoms with E-state index in [1.165, 1.54) is 25.3 Å². The minimum absolute atomic E-state index is 0.00331. The van der Waals surface area contributed by atoms with E-state index in [2.05, 4.69) is 10.3 Å². The predicted octanol–water partition coefficient (Wildman–Crippen LogP) is 3.03. The fourth-order valence-corrected chi connectivity index (χ4v) is 4.15. The third-order valence-corrected chi connectivity index (χ3v) is 5.79. The minimum atomic E-state index is -3.81. The van der Waals surface area contributed by atoms with Crippen molar-refractivity contribution in [2.24, 2.45) is 0 Å². The summed E-state index contributed by atoms with van der Waals surface area (Å²) in [7, 11) is -2.30. The van der Waals surface area contributed by atoms with E-state index in [0.29, 0.717) is 5.75 Å². The van der Waals surface area contributed by atoms with Crippen molar-refractivity contribution in [2.45, 2.75) is 19.2 Å². The van der Waals surface area contributed by atoms with Gasteiger partial charge >= 0.3 is 0 Å². The highest BCUT2D eigenvalue weighted by atomic mass is 32.2. The van der Waals surface area contributed by atoms with Gasteiger partial charge in [0, 0.05) is 12.1 Å². The molecule has 1 amide bonds. The Labute approximate surface area is 173 Å². The first kappa shape index (κ1) is 21.5. The van der Waals surface area contributed by atoms with Gasteiger partial charge in [-0.15, -0.1) is 0 Å². The molecule has 30 heavy (non-hydrogen) atoms. The SMILES string of the molecule is COc1ccccc1CNC(=O)CS(=O)(=O)Cc1nc(-c2ccccc2F)oc1C. The van der Waals surface area contributed by atoms with E-state index in [1.807, 2.05) is 0 Å². The quantitative estimate of drug-likeness (QED) is 0.588. The largest absolute Gasteiger partial charge is 0.496 e. The standard InChI is InChI=1S/C21H21FN2O5S/c1-14-18(24-21(29-14)16-8-4-5-9-17(16)22)12-30(26,27)13-20(25)23-11-15-7-3-6-10-19(15)28-2/h3-10H,11-13H2,1-2H3,(H,23,25). The number of hydrogen-bond acceptors (Lipinski definition) is 6. The maximum Gasteiger partial charge on any atom is 0.235 e. The molecule has 0 bridgehead atoms. The molecule has 1 aromatic heterocycles. The molecular weight excluding hydrogens is 411 g/mol. The zero-order chi connectivity index (χ0) is 21.7. The van der Waals surface area contributed by atoms with E-state index >= 15 is 0 Å². The lowest BCUT2D eigenvalue weighted by Crippen LogP contribution is -2.30. The summed E-state index contributed by atoms with van der Waals surface area (Å²) < 4.78 is 49.5. The van der Waals surface area contributed by atoms with Gasteiger partial charge in [0.25, 0.3) is 0 Å². The van der Waals surface area contributed by atoms with Crippen LogP contribution in [-0.4, -0.2) is 32.2 Å². The second kappa shape index (κ2) is 9.08. The number of amides is 1. The number of benzene rings is 2. The van der Waals surface area contributed by atoms with E-state index < -0.39 is 33.1 Å². The summed E-state index contributed by atoms with van der Waals surface area (Å²) in [6.07, 6.45) is 0. The molecule has 0 aliphatic carbocycles. The molecule has 0 spiro atoms. The van der Waals surface area contributed by atoms with Gasteiger partial charge in [-0.2, -0.15) is 0 Å². The predicted molar refractivity (Wildman–Crippen MR) is 109 cm³/mol. The molecule has 0 aliphatic rings. The summed E-state index contributed by atoms with van der Waals surface area (Å²) in [4.78, 5) is 16.3. The third-order valence-electron chi connectivity index (χ3n) is 4.37. The maximum atomic E-state index is 13.9. The molecule has 0 radical (unpaired) electrons. The van der Waals surface area contributed by atoms with Crippen molar-refractivity contribution < 1.29 is 26.8 Å². The molecule has 1 heterocycles. The van der Waals surface area contributed by atoms with Crippen LogP contribution in [0.1, 0.15) is 17.0 Å². The fourth-order valence-electron chi connectivity index (χ4n) is 2.86. The number of methoxy groups -OCH3 is 1. The molecule has 2 aromatic carbocycles. The van der Waals surface area contributed by atoms with E-state index in [4.69, 9.17) is 9.15 Å². The molecule has 158 valence electrons. The van der Waals surface area contributed by atoms with Gasteiger partial charge in [0.1, 0.15) is 23.1 Å². The molecule has 9 heteroatoms. The summed E-state index contributed by atoms with van der Waals surface area (Å²) in [5.41, 5.74) is 1.01. The van der Waals surface area contributed by atoms with Crippen molar-refractivity contribution in [3.63, 3.8) is 0 Å². The lowest BCUT2D eigenvalue weighted by molar-refractivity contribution is -0.118. The molecule has 0 saturated heterocycles.